The van der Waals surface area contributed by atoms with E-state index in [0.717, 1.165) is 54.0 Å². The minimum atomic E-state index is 0.449. The van der Waals surface area contributed by atoms with E-state index in [0.29, 0.717) is 6.04 Å². The summed E-state index contributed by atoms with van der Waals surface area (Å²) in [5.74, 6) is 1.03. The van der Waals surface area contributed by atoms with Gasteiger partial charge in [-0.2, -0.15) is 0 Å². The Labute approximate surface area is 152 Å². The lowest BCUT2D eigenvalue weighted by Gasteiger charge is -2.34. The molecule has 0 N–H and O–H groups in total. The maximum absolute atomic E-state index is 5.02. The molecule has 3 heteroatoms. The Balaban J connectivity index is 2.50. The molecule has 0 aliphatic heterocycles. The molecule has 0 spiro atoms. The molecule has 134 valence electrons. The lowest BCUT2D eigenvalue weighted by Crippen LogP contribution is -2.34. The van der Waals surface area contributed by atoms with E-state index in [1.54, 1.807) is 0 Å². The first-order chi connectivity index (χ1) is 12.0. The average molecular weight is 338 g/mol. The molecule has 0 fully saturated rings. The van der Waals surface area contributed by atoms with E-state index in [4.69, 9.17) is 4.98 Å². The van der Waals surface area contributed by atoms with Crippen molar-refractivity contribution >= 4 is 5.82 Å². The van der Waals surface area contributed by atoms with E-state index in [9.17, 15) is 0 Å². The molecule has 0 bridgehead atoms. The van der Waals surface area contributed by atoms with Gasteiger partial charge in [-0.15, -0.1) is 0 Å². The number of hydrogen-bond acceptors (Lipinski definition) is 3. The third kappa shape index (κ3) is 4.68. The van der Waals surface area contributed by atoms with Crippen LogP contribution >= 0.6 is 0 Å². The number of allylic oxidation sites excluding steroid dienone is 1. The van der Waals surface area contributed by atoms with Crippen molar-refractivity contribution in [1.82, 2.24) is 9.97 Å². The minimum Gasteiger partial charge on any atom is -0.328 e. The molecule has 2 aromatic heterocycles. The number of aryl methyl sites for hydroxylation is 2. The van der Waals surface area contributed by atoms with Crippen molar-refractivity contribution in [2.75, 3.05) is 4.90 Å². The zero-order chi connectivity index (χ0) is 18.4. The summed E-state index contributed by atoms with van der Waals surface area (Å²) in [4.78, 5) is 11.7. The zero-order valence-corrected chi connectivity index (χ0v) is 16.3. The van der Waals surface area contributed by atoms with Crippen molar-refractivity contribution in [2.45, 2.75) is 66.3 Å². The lowest BCUT2D eigenvalue weighted by atomic mass is 10.0. The Morgan fingerprint density at radius 2 is 1.80 bits per heavy atom. The number of anilines is 1. The highest BCUT2D eigenvalue weighted by atomic mass is 15.2. The van der Waals surface area contributed by atoms with E-state index in [-0.39, 0.29) is 0 Å². The van der Waals surface area contributed by atoms with Crippen molar-refractivity contribution in [3.63, 3.8) is 0 Å². The quantitative estimate of drug-likeness (QED) is 0.585. The van der Waals surface area contributed by atoms with Gasteiger partial charge in [0.05, 0.1) is 5.69 Å². The first kappa shape index (κ1) is 19.2. The molecule has 0 amide bonds. The highest BCUT2D eigenvalue weighted by Gasteiger charge is 2.21. The van der Waals surface area contributed by atoms with Gasteiger partial charge < -0.3 is 4.90 Å². The molecule has 2 rings (SSSR count). The van der Waals surface area contributed by atoms with Crippen LogP contribution in [0.3, 0.4) is 0 Å². The molecular weight excluding hydrogens is 306 g/mol. The van der Waals surface area contributed by atoms with Gasteiger partial charge in [-0.1, -0.05) is 39.3 Å². The second-order valence-corrected chi connectivity index (χ2v) is 6.92. The SMILES string of the molecule is C=C(C)N(c1nc(-c2cncc(C)c2)ccc1C)C(CCC)CCC. The Morgan fingerprint density at radius 1 is 1.12 bits per heavy atom. The minimum absolute atomic E-state index is 0.449. The van der Waals surface area contributed by atoms with Gasteiger partial charge in [0.25, 0.3) is 0 Å². The zero-order valence-electron chi connectivity index (χ0n) is 16.3. The van der Waals surface area contributed by atoms with Crippen molar-refractivity contribution in [2.24, 2.45) is 0 Å². The summed E-state index contributed by atoms with van der Waals surface area (Å²) in [5, 5.41) is 0. The molecule has 0 aliphatic rings. The molecular formula is C22H31N3. The molecule has 0 unspecified atom stereocenters. The maximum atomic E-state index is 5.02. The van der Waals surface area contributed by atoms with Crippen molar-refractivity contribution in [1.29, 1.82) is 0 Å². The summed E-state index contributed by atoms with van der Waals surface area (Å²) >= 11 is 0. The van der Waals surface area contributed by atoms with Crippen LogP contribution < -0.4 is 4.90 Å². The summed E-state index contributed by atoms with van der Waals surface area (Å²) in [5.41, 5.74) is 5.42. The molecule has 0 saturated carbocycles. The highest BCUT2D eigenvalue weighted by Crippen LogP contribution is 2.30. The van der Waals surface area contributed by atoms with Crippen LogP contribution in [0.5, 0.6) is 0 Å². The second kappa shape index (κ2) is 8.80. The Morgan fingerprint density at radius 3 is 2.36 bits per heavy atom. The monoisotopic (exact) mass is 337 g/mol. The van der Waals surface area contributed by atoms with Gasteiger partial charge in [0, 0.05) is 29.7 Å². The van der Waals surface area contributed by atoms with Crippen LogP contribution in [0.15, 0.2) is 42.9 Å². The van der Waals surface area contributed by atoms with Crippen molar-refractivity contribution < 1.29 is 0 Å². The second-order valence-electron chi connectivity index (χ2n) is 6.92. The summed E-state index contributed by atoms with van der Waals surface area (Å²) in [7, 11) is 0. The topological polar surface area (TPSA) is 29.0 Å². The van der Waals surface area contributed by atoms with Gasteiger partial charge in [0.15, 0.2) is 0 Å². The Bertz CT molecular complexity index is 715. The fourth-order valence-electron chi connectivity index (χ4n) is 3.35. The number of nitrogens with zero attached hydrogens (tertiary/aromatic N) is 3. The van der Waals surface area contributed by atoms with Gasteiger partial charge in [-0.3, -0.25) is 4.98 Å². The molecule has 0 radical (unpaired) electrons. The molecule has 2 aromatic rings. The number of pyridine rings is 2. The van der Waals surface area contributed by atoms with Crippen molar-refractivity contribution in [3.05, 3.63) is 54.0 Å². The number of hydrogen-bond donors (Lipinski definition) is 0. The summed E-state index contributed by atoms with van der Waals surface area (Å²) in [6, 6.07) is 6.82. The van der Waals surface area contributed by atoms with Gasteiger partial charge in [0.1, 0.15) is 5.82 Å². The largest absolute Gasteiger partial charge is 0.328 e. The third-order valence-corrected chi connectivity index (χ3v) is 4.49. The van der Waals surface area contributed by atoms with Gasteiger partial charge in [-0.25, -0.2) is 4.98 Å². The molecule has 2 heterocycles. The van der Waals surface area contributed by atoms with E-state index in [2.05, 4.69) is 69.3 Å². The number of rotatable bonds is 8. The fourth-order valence-corrected chi connectivity index (χ4v) is 3.35. The molecule has 25 heavy (non-hydrogen) atoms. The lowest BCUT2D eigenvalue weighted by molar-refractivity contribution is 0.526. The molecule has 0 aliphatic carbocycles. The summed E-state index contributed by atoms with van der Waals surface area (Å²) in [6.07, 6.45) is 8.38. The third-order valence-electron chi connectivity index (χ3n) is 4.49. The van der Waals surface area contributed by atoms with E-state index >= 15 is 0 Å². The maximum Gasteiger partial charge on any atom is 0.136 e. The highest BCUT2D eigenvalue weighted by molar-refractivity contribution is 5.64. The Hall–Kier alpha value is -2.16. The smallest absolute Gasteiger partial charge is 0.136 e. The van der Waals surface area contributed by atoms with Crippen LogP contribution in [0.1, 0.15) is 57.6 Å². The van der Waals surface area contributed by atoms with Crippen LogP contribution in [0.2, 0.25) is 0 Å². The molecule has 3 nitrogen and oxygen atoms in total. The molecule has 0 saturated heterocycles. The van der Waals surface area contributed by atoms with Crippen molar-refractivity contribution in [3.8, 4) is 11.3 Å². The van der Waals surface area contributed by atoms with E-state index in [1.165, 1.54) is 5.56 Å². The van der Waals surface area contributed by atoms with Gasteiger partial charge in [-0.05, 0) is 56.9 Å². The van der Waals surface area contributed by atoms with Crippen LogP contribution in [-0.4, -0.2) is 16.0 Å². The summed E-state index contributed by atoms with van der Waals surface area (Å²) in [6.45, 7) is 15.0. The summed E-state index contributed by atoms with van der Waals surface area (Å²) < 4.78 is 0. The standard InChI is InChI=1S/C22H31N3/c1-7-9-20(10-8-2)25(16(3)4)22-18(6)11-12-21(24-22)19-13-17(5)14-23-15-19/h11-15,20H,3,7-10H2,1-2,4-6H3. The van der Waals surface area contributed by atoms with Crippen LogP contribution in [0.4, 0.5) is 5.82 Å². The van der Waals surface area contributed by atoms with E-state index < -0.39 is 0 Å². The average Bonchev–Trinajstić information content (AvgIpc) is 2.57. The van der Waals surface area contributed by atoms with Crippen LogP contribution in [0, 0.1) is 13.8 Å². The van der Waals surface area contributed by atoms with Gasteiger partial charge >= 0.3 is 0 Å². The first-order valence-electron chi connectivity index (χ1n) is 9.32. The van der Waals surface area contributed by atoms with Crippen LogP contribution in [0.25, 0.3) is 11.3 Å². The Kier molecular flexibility index (Phi) is 6.74. The predicted octanol–water partition coefficient (Wildman–Crippen LogP) is 6.07. The molecule has 0 aromatic carbocycles. The van der Waals surface area contributed by atoms with Gasteiger partial charge in [0.2, 0.25) is 0 Å². The molecule has 0 atom stereocenters. The predicted molar refractivity (Wildman–Crippen MR) is 108 cm³/mol. The fraction of sp³-hybridized carbons (Fsp3) is 0.455. The normalized spacial score (nSPS) is 11.0. The number of aromatic nitrogens is 2. The van der Waals surface area contributed by atoms with Crippen LogP contribution in [-0.2, 0) is 0 Å². The first-order valence-corrected chi connectivity index (χ1v) is 9.32. The van der Waals surface area contributed by atoms with E-state index in [1.807, 2.05) is 12.4 Å².